The number of fused-ring (bicyclic) bond motifs is 1. The van der Waals surface area contributed by atoms with E-state index in [2.05, 4.69) is 15.4 Å². The summed E-state index contributed by atoms with van der Waals surface area (Å²) in [6.07, 6.45) is 0. The van der Waals surface area contributed by atoms with Crippen molar-refractivity contribution in [2.45, 2.75) is 18.7 Å². The van der Waals surface area contributed by atoms with Gasteiger partial charge in [0.25, 0.3) is 10.0 Å². The highest BCUT2D eigenvalue weighted by Gasteiger charge is 2.28. The highest BCUT2D eigenvalue weighted by molar-refractivity contribution is 7.92. The minimum absolute atomic E-state index is 0.0152. The summed E-state index contributed by atoms with van der Waals surface area (Å²) in [5.41, 5.74) is 1.87. The fourth-order valence-electron chi connectivity index (χ4n) is 2.40. The molecule has 8 heteroatoms. The Morgan fingerprint density at radius 2 is 1.60 bits per heavy atom. The lowest BCUT2D eigenvalue weighted by molar-refractivity contribution is -0.128. The zero-order valence-electron chi connectivity index (χ0n) is 13.7. The van der Waals surface area contributed by atoms with Crippen LogP contribution >= 0.6 is 0 Å². The first kappa shape index (κ1) is 17.0. The first-order valence-electron chi connectivity index (χ1n) is 7.62. The van der Waals surface area contributed by atoms with E-state index >= 15 is 0 Å². The van der Waals surface area contributed by atoms with Crippen molar-refractivity contribution in [3.05, 3.63) is 48.0 Å². The molecule has 25 heavy (non-hydrogen) atoms. The molecule has 1 heterocycles. The SMILES string of the molecule is Cc1ccccc1NS(=O)(=O)c1ccc2c(c1)NC(=O)[C@H](C)C(=O)N2. The first-order chi connectivity index (χ1) is 11.8. The maximum atomic E-state index is 12.6. The third-order valence-corrected chi connectivity index (χ3v) is 5.36. The Balaban J connectivity index is 1.97. The Hall–Kier alpha value is -2.87. The number of sulfonamides is 1. The van der Waals surface area contributed by atoms with Crippen LogP contribution in [-0.4, -0.2) is 20.2 Å². The quantitative estimate of drug-likeness (QED) is 0.732. The van der Waals surface area contributed by atoms with Gasteiger partial charge in [-0.2, -0.15) is 0 Å². The van der Waals surface area contributed by atoms with E-state index in [1.165, 1.54) is 25.1 Å². The van der Waals surface area contributed by atoms with Gasteiger partial charge in [0.05, 0.1) is 22.0 Å². The number of rotatable bonds is 3. The van der Waals surface area contributed by atoms with Gasteiger partial charge in [-0.3, -0.25) is 14.3 Å². The monoisotopic (exact) mass is 359 g/mol. The lowest BCUT2D eigenvalue weighted by Crippen LogP contribution is -2.28. The maximum absolute atomic E-state index is 12.6. The number of nitrogens with one attached hydrogen (secondary N) is 3. The molecule has 0 unspecified atom stereocenters. The topological polar surface area (TPSA) is 104 Å². The number of carbonyl (C=O) groups is 2. The molecule has 0 aliphatic carbocycles. The molecule has 3 rings (SSSR count). The molecule has 7 nitrogen and oxygen atoms in total. The summed E-state index contributed by atoms with van der Waals surface area (Å²) in [7, 11) is -3.84. The standard InChI is InChI=1S/C17H17N3O4S/c1-10-5-3-4-6-13(10)20-25(23,24)12-7-8-14-15(9-12)19-17(22)11(2)16(21)18-14/h3-9,11,20H,1-2H3,(H,18,21)(H,19,22)/t11-/m1/s1. The van der Waals surface area contributed by atoms with E-state index in [1.54, 1.807) is 25.1 Å². The molecule has 0 bridgehead atoms. The lowest BCUT2D eigenvalue weighted by atomic mass is 10.1. The summed E-state index contributed by atoms with van der Waals surface area (Å²) in [4.78, 5) is 23.8. The highest BCUT2D eigenvalue weighted by Crippen LogP contribution is 2.30. The molecular formula is C17H17N3O4S. The van der Waals surface area contributed by atoms with Crippen molar-refractivity contribution in [2.75, 3.05) is 15.4 Å². The van der Waals surface area contributed by atoms with Gasteiger partial charge in [-0.05, 0) is 43.7 Å². The first-order valence-corrected chi connectivity index (χ1v) is 9.10. The van der Waals surface area contributed by atoms with Gasteiger partial charge >= 0.3 is 0 Å². The van der Waals surface area contributed by atoms with Gasteiger partial charge in [-0.15, -0.1) is 0 Å². The molecule has 2 aromatic carbocycles. The van der Waals surface area contributed by atoms with Gasteiger partial charge in [0, 0.05) is 0 Å². The zero-order valence-corrected chi connectivity index (χ0v) is 14.5. The molecule has 0 spiro atoms. The molecule has 0 radical (unpaired) electrons. The Kier molecular flexibility index (Phi) is 4.22. The van der Waals surface area contributed by atoms with Crippen LogP contribution in [0.3, 0.4) is 0 Å². The Bertz CT molecular complexity index is 970. The fourth-order valence-corrected chi connectivity index (χ4v) is 3.55. The number of amides is 2. The molecule has 130 valence electrons. The van der Waals surface area contributed by atoms with Crippen molar-refractivity contribution in [3.63, 3.8) is 0 Å². The van der Waals surface area contributed by atoms with Gasteiger partial charge in [0.2, 0.25) is 11.8 Å². The molecule has 0 saturated heterocycles. The predicted molar refractivity (Wildman–Crippen MR) is 94.9 cm³/mol. The fraction of sp³-hybridized carbons (Fsp3) is 0.176. The smallest absolute Gasteiger partial charge is 0.261 e. The molecule has 3 N–H and O–H groups in total. The van der Waals surface area contributed by atoms with Crippen LogP contribution in [0.5, 0.6) is 0 Å². The van der Waals surface area contributed by atoms with Crippen molar-refractivity contribution in [1.29, 1.82) is 0 Å². The summed E-state index contributed by atoms with van der Waals surface area (Å²) in [6, 6.07) is 11.2. The average molecular weight is 359 g/mol. The predicted octanol–water partition coefficient (Wildman–Crippen LogP) is 2.32. The molecule has 2 aromatic rings. The van der Waals surface area contributed by atoms with Gasteiger partial charge in [0.1, 0.15) is 5.92 Å². The van der Waals surface area contributed by atoms with E-state index in [9.17, 15) is 18.0 Å². The summed E-state index contributed by atoms with van der Waals surface area (Å²) >= 11 is 0. The average Bonchev–Trinajstić information content (AvgIpc) is 2.67. The third kappa shape index (κ3) is 3.34. The molecule has 0 aromatic heterocycles. The minimum atomic E-state index is -3.84. The number of aryl methyl sites for hydroxylation is 1. The molecule has 0 fully saturated rings. The molecule has 2 amide bonds. The minimum Gasteiger partial charge on any atom is -0.324 e. The van der Waals surface area contributed by atoms with Gasteiger partial charge < -0.3 is 10.6 Å². The van der Waals surface area contributed by atoms with Crippen LogP contribution in [0.15, 0.2) is 47.4 Å². The van der Waals surface area contributed by atoms with E-state index < -0.39 is 27.8 Å². The molecule has 1 aliphatic heterocycles. The summed E-state index contributed by atoms with van der Waals surface area (Å²) < 4.78 is 27.8. The van der Waals surface area contributed by atoms with Crippen LogP contribution in [0.1, 0.15) is 12.5 Å². The second-order valence-corrected chi connectivity index (χ2v) is 7.51. The molecular weight excluding hydrogens is 342 g/mol. The Labute approximate surface area is 145 Å². The van der Waals surface area contributed by atoms with Crippen molar-refractivity contribution < 1.29 is 18.0 Å². The van der Waals surface area contributed by atoms with Gasteiger partial charge in [0.15, 0.2) is 0 Å². The Morgan fingerprint density at radius 1 is 0.960 bits per heavy atom. The van der Waals surface area contributed by atoms with E-state index in [0.29, 0.717) is 11.4 Å². The number of hydrogen-bond donors (Lipinski definition) is 3. The summed E-state index contributed by atoms with van der Waals surface area (Å²) in [5.74, 6) is -1.79. The number of anilines is 3. The maximum Gasteiger partial charge on any atom is 0.261 e. The van der Waals surface area contributed by atoms with Crippen molar-refractivity contribution in [3.8, 4) is 0 Å². The molecule has 1 aliphatic rings. The van der Waals surface area contributed by atoms with Crippen LogP contribution in [0.25, 0.3) is 0 Å². The zero-order chi connectivity index (χ0) is 18.2. The van der Waals surface area contributed by atoms with Crippen LogP contribution in [-0.2, 0) is 19.6 Å². The largest absolute Gasteiger partial charge is 0.324 e. The van der Waals surface area contributed by atoms with Crippen LogP contribution < -0.4 is 15.4 Å². The summed E-state index contributed by atoms with van der Waals surface area (Å²) in [6.45, 7) is 3.28. The van der Waals surface area contributed by atoms with Crippen LogP contribution in [0.2, 0.25) is 0 Å². The molecule has 1 atom stereocenters. The number of benzene rings is 2. The number of para-hydroxylation sites is 1. The van der Waals surface area contributed by atoms with Gasteiger partial charge in [-0.1, -0.05) is 18.2 Å². The van der Waals surface area contributed by atoms with Gasteiger partial charge in [-0.25, -0.2) is 8.42 Å². The third-order valence-electron chi connectivity index (χ3n) is 3.99. The van der Waals surface area contributed by atoms with E-state index in [0.717, 1.165) is 5.56 Å². The van der Waals surface area contributed by atoms with E-state index in [-0.39, 0.29) is 10.6 Å². The van der Waals surface area contributed by atoms with Crippen molar-refractivity contribution >= 4 is 38.9 Å². The number of hydrogen-bond acceptors (Lipinski definition) is 4. The van der Waals surface area contributed by atoms with Crippen molar-refractivity contribution in [1.82, 2.24) is 0 Å². The van der Waals surface area contributed by atoms with E-state index in [1.807, 2.05) is 6.07 Å². The van der Waals surface area contributed by atoms with E-state index in [4.69, 9.17) is 0 Å². The second kappa shape index (κ2) is 6.21. The van der Waals surface area contributed by atoms with Crippen LogP contribution in [0.4, 0.5) is 17.1 Å². The Morgan fingerprint density at radius 3 is 2.28 bits per heavy atom. The normalized spacial score (nSPS) is 17.1. The lowest BCUT2D eigenvalue weighted by Gasteiger charge is -2.13. The highest BCUT2D eigenvalue weighted by atomic mass is 32.2. The molecule has 0 saturated carbocycles. The summed E-state index contributed by atoms with van der Waals surface area (Å²) in [5, 5.41) is 5.18. The van der Waals surface area contributed by atoms with Crippen LogP contribution in [0, 0.1) is 12.8 Å². The number of carbonyl (C=O) groups excluding carboxylic acids is 2. The van der Waals surface area contributed by atoms with Crippen molar-refractivity contribution in [2.24, 2.45) is 5.92 Å². The second-order valence-electron chi connectivity index (χ2n) is 5.83.